The van der Waals surface area contributed by atoms with Crippen LogP contribution in [0.5, 0.6) is 0 Å². The van der Waals surface area contributed by atoms with Gasteiger partial charge in [0, 0.05) is 15.1 Å². The number of hydrogen-bond acceptors (Lipinski definition) is 1. The lowest BCUT2D eigenvalue weighted by atomic mass is 10.1. The number of hydrogen-bond donors (Lipinski definition) is 0. The van der Waals surface area contributed by atoms with Gasteiger partial charge in [-0.25, -0.2) is 0 Å². The van der Waals surface area contributed by atoms with Gasteiger partial charge in [0.15, 0.2) is 0 Å². The summed E-state index contributed by atoms with van der Waals surface area (Å²) >= 11 is 11.2. The van der Waals surface area contributed by atoms with Gasteiger partial charge in [-0.1, -0.05) is 0 Å². The molecule has 0 spiro atoms. The van der Waals surface area contributed by atoms with E-state index >= 15 is 0 Å². The molecule has 0 aliphatic heterocycles. The molecule has 0 aliphatic carbocycles. The number of rotatable bonds is 1. The van der Waals surface area contributed by atoms with Crippen LogP contribution in [-0.2, 0) is 5.88 Å². The van der Waals surface area contributed by atoms with Crippen molar-refractivity contribution in [2.24, 2.45) is 0 Å². The number of alkyl halides is 1. The quantitative estimate of drug-likeness (QED) is 0.661. The van der Waals surface area contributed by atoms with E-state index in [9.17, 15) is 0 Å². The summed E-state index contributed by atoms with van der Waals surface area (Å²) < 4.78 is 2.46. The second-order valence-electron chi connectivity index (χ2n) is 2.94. The summed E-state index contributed by atoms with van der Waals surface area (Å²) in [6, 6.07) is 4.26. The molecule has 0 atom stereocenters. The van der Waals surface area contributed by atoms with E-state index in [0.29, 0.717) is 5.88 Å². The third kappa shape index (κ3) is 1.51. The Morgan fingerprint density at radius 3 is 3.00 bits per heavy atom. The first kappa shape index (κ1) is 9.50. The summed E-state index contributed by atoms with van der Waals surface area (Å²) in [6.45, 7) is 2.12. The minimum atomic E-state index is 0.580. The molecule has 0 fully saturated rings. The highest BCUT2D eigenvalue weighted by atomic mass is 79.9. The maximum atomic E-state index is 5.85. The SMILES string of the molecule is Cc1c(CCl)cc(Br)c2sccc12. The van der Waals surface area contributed by atoms with Gasteiger partial charge < -0.3 is 0 Å². The molecule has 3 heteroatoms. The molecular formula is C10H8BrClS. The van der Waals surface area contributed by atoms with Crippen molar-refractivity contribution in [3.05, 3.63) is 33.1 Å². The lowest BCUT2D eigenvalue weighted by Crippen LogP contribution is -1.85. The van der Waals surface area contributed by atoms with Crippen molar-refractivity contribution in [1.82, 2.24) is 0 Å². The Hall–Kier alpha value is -0.0500. The van der Waals surface area contributed by atoms with Crippen molar-refractivity contribution in [2.45, 2.75) is 12.8 Å². The van der Waals surface area contributed by atoms with Crippen molar-refractivity contribution in [2.75, 3.05) is 0 Å². The van der Waals surface area contributed by atoms with E-state index in [2.05, 4.69) is 40.4 Å². The molecule has 1 aromatic heterocycles. The highest BCUT2D eigenvalue weighted by Crippen LogP contribution is 2.33. The summed E-state index contributed by atoms with van der Waals surface area (Å²) in [4.78, 5) is 0. The van der Waals surface area contributed by atoms with Gasteiger partial charge in [-0.2, -0.15) is 0 Å². The van der Waals surface area contributed by atoms with Gasteiger partial charge in [-0.15, -0.1) is 22.9 Å². The summed E-state index contributed by atoms with van der Waals surface area (Å²) in [6.07, 6.45) is 0. The Balaban J connectivity index is 2.85. The summed E-state index contributed by atoms with van der Waals surface area (Å²) in [7, 11) is 0. The van der Waals surface area contributed by atoms with Crippen LogP contribution < -0.4 is 0 Å². The number of fused-ring (bicyclic) bond motifs is 1. The highest BCUT2D eigenvalue weighted by Gasteiger charge is 2.07. The fraction of sp³-hybridized carbons (Fsp3) is 0.200. The third-order valence-electron chi connectivity index (χ3n) is 2.21. The second-order valence-corrected chi connectivity index (χ2v) is 4.98. The Morgan fingerprint density at radius 1 is 1.54 bits per heavy atom. The van der Waals surface area contributed by atoms with Crippen LogP contribution in [0.3, 0.4) is 0 Å². The van der Waals surface area contributed by atoms with Crippen LogP contribution in [-0.4, -0.2) is 0 Å². The molecule has 0 nitrogen and oxygen atoms in total. The molecule has 0 amide bonds. The van der Waals surface area contributed by atoms with Crippen LogP contribution in [0.2, 0.25) is 0 Å². The van der Waals surface area contributed by atoms with Crippen LogP contribution >= 0.6 is 38.9 Å². The van der Waals surface area contributed by atoms with Crippen LogP contribution in [0.15, 0.2) is 22.0 Å². The zero-order chi connectivity index (χ0) is 9.42. The van der Waals surface area contributed by atoms with Crippen LogP contribution in [0.4, 0.5) is 0 Å². The molecule has 0 saturated heterocycles. The van der Waals surface area contributed by atoms with Gasteiger partial charge in [0.2, 0.25) is 0 Å². The molecule has 0 saturated carbocycles. The van der Waals surface area contributed by atoms with Crippen molar-refractivity contribution >= 4 is 49.0 Å². The van der Waals surface area contributed by atoms with Crippen molar-refractivity contribution < 1.29 is 0 Å². The molecule has 0 N–H and O–H groups in total. The van der Waals surface area contributed by atoms with E-state index in [0.717, 1.165) is 4.47 Å². The summed E-state index contributed by atoms with van der Waals surface area (Å²) in [5, 5.41) is 3.43. The average molecular weight is 276 g/mol. The van der Waals surface area contributed by atoms with E-state index < -0.39 is 0 Å². The van der Waals surface area contributed by atoms with E-state index in [1.165, 1.54) is 21.2 Å². The largest absolute Gasteiger partial charge is 0.143 e. The van der Waals surface area contributed by atoms with Gasteiger partial charge >= 0.3 is 0 Å². The predicted octanol–water partition coefficient (Wildman–Crippen LogP) is 4.71. The highest BCUT2D eigenvalue weighted by molar-refractivity contribution is 9.10. The predicted molar refractivity (Wildman–Crippen MR) is 63.8 cm³/mol. The average Bonchev–Trinajstić information content (AvgIpc) is 2.60. The van der Waals surface area contributed by atoms with Gasteiger partial charge in [-0.05, 0) is 56.9 Å². The maximum Gasteiger partial charge on any atom is 0.0487 e. The molecule has 13 heavy (non-hydrogen) atoms. The van der Waals surface area contributed by atoms with Crippen molar-refractivity contribution in [1.29, 1.82) is 0 Å². The first-order valence-corrected chi connectivity index (χ1v) is 6.16. The Labute approximate surface area is 94.7 Å². The molecule has 0 aliphatic rings. The number of thiophene rings is 1. The van der Waals surface area contributed by atoms with Gasteiger partial charge in [-0.3, -0.25) is 0 Å². The molecule has 2 aromatic rings. The summed E-state index contributed by atoms with van der Waals surface area (Å²) in [5.41, 5.74) is 2.51. The minimum Gasteiger partial charge on any atom is -0.143 e. The molecule has 1 aromatic carbocycles. The van der Waals surface area contributed by atoms with Crippen LogP contribution in [0, 0.1) is 6.92 Å². The monoisotopic (exact) mass is 274 g/mol. The lowest BCUT2D eigenvalue weighted by Gasteiger charge is -2.05. The third-order valence-corrected chi connectivity index (χ3v) is 4.34. The minimum absolute atomic E-state index is 0.580. The fourth-order valence-electron chi connectivity index (χ4n) is 1.43. The van der Waals surface area contributed by atoms with E-state index in [1.54, 1.807) is 11.3 Å². The van der Waals surface area contributed by atoms with E-state index in [-0.39, 0.29) is 0 Å². The standard InChI is InChI=1S/C10H8BrClS/c1-6-7(5-12)4-9(11)10-8(6)2-3-13-10/h2-4H,5H2,1H3. The number of benzene rings is 1. The van der Waals surface area contributed by atoms with Gasteiger partial charge in [0.05, 0.1) is 0 Å². The van der Waals surface area contributed by atoms with Crippen LogP contribution in [0.1, 0.15) is 11.1 Å². The zero-order valence-corrected chi connectivity index (χ0v) is 10.3. The molecule has 1 heterocycles. The molecule has 2 rings (SSSR count). The summed E-state index contributed by atoms with van der Waals surface area (Å²) in [5.74, 6) is 0.580. The Bertz CT molecular complexity index is 447. The van der Waals surface area contributed by atoms with E-state index in [4.69, 9.17) is 11.6 Å². The maximum absolute atomic E-state index is 5.85. The van der Waals surface area contributed by atoms with E-state index in [1.807, 2.05) is 0 Å². The number of halogens is 2. The second kappa shape index (κ2) is 3.60. The van der Waals surface area contributed by atoms with Crippen molar-refractivity contribution in [3.8, 4) is 0 Å². The topological polar surface area (TPSA) is 0 Å². The molecule has 68 valence electrons. The molecule has 0 radical (unpaired) electrons. The van der Waals surface area contributed by atoms with Gasteiger partial charge in [0.25, 0.3) is 0 Å². The molecular weight excluding hydrogens is 268 g/mol. The first-order chi connectivity index (χ1) is 6.24. The van der Waals surface area contributed by atoms with Crippen molar-refractivity contribution in [3.63, 3.8) is 0 Å². The molecule has 0 bridgehead atoms. The van der Waals surface area contributed by atoms with Gasteiger partial charge in [0.1, 0.15) is 0 Å². The Morgan fingerprint density at radius 2 is 2.31 bits per heavy atom. The number of aryl methyl sites for hydroxylation is 1. The van der Waals surface area contributed by atoms with Crippen LogP contribution in [0.25, 0.3) is 10.1 Å². The lowest BCUT2D eigenvalue weighted by molar-refractivity contribution is 1.33. The Kier molecular flexibility index (Phi) is 2.63. The zero-order valence-electron chi connectivity index (χ0n) is 7.10. The smallest absolute Gasteiger partial charge is 0.0487 e. The fourth-order valence-corrected chi connectivity index (χ4v) is 3.34. The normalized spacial score (nSPS) is 11.0. The first-order valence-electron chi connectivity index (χ1n) is 3.95. The molecule has 0 unspecified atom stereocenters.